The summed E-state index contributed by atoms with van der Waals surface area (Å²) in [6, 6.07) is 17.3. The molecule has 0 unspecified atom stereocenters. The minimum atomic E-state index is 0.0917. The van der Waals surface area contributed by atoms with Crippen molar-refractivity contribution in [3.8, 4) is 0 Å². The quantitative estimate of drug-likeness (QED) is 0.648. The smallest absolute Gasteiger partial charge is 0.0447 e. The van der Waals surface area contributed by atoms with E-state index in [9.17, 15) is 0 Å². The Hall–Kier alpha value is -2.02. The monoisotopic (exact) mass is 263 g/mol. The van der Waals surface area contributed by atoms with Gasteiger partial charge in [0.05, 0.1) is 0 Å². The second-order valence-corrected chi connectivity index (χ2v) is 6.35. The van der Waals surface area contributed by atoms with Crippen LogP contribution in [-0.2, 0) is 6.54 Å². The minimum absolute atomic E-state index is 0.0917. The molecule has 0 fully saturated rings. The van der Waals surface area contributed by atoms with E-state index in [-0.39, 0.29) is 5.54 Å². The lowest BCUT2D eigenvalue weighted by molar-refractivity contribution is 0.500. The number of para-hydroxylation sites is 1. The molecular weight excluding hydrogens is 242 g/mol. The standard InChI is InChI=1S/C19H21N/c1-19(2,3)20-14-17-10-5-4-8-15(17)12-13-16-9-6-7-11-18(16)20/h4-13H,14H2,1-3H3/b13-12-. The number of hydrogen-bond donors (Lipinski definition) is 0. The van der Waals surface area contributed by atoms with Crippen LogP contribution in [0, 0.1) is 0 Å². The van der Waals surface area contributed by atoms with Gasteiger partial charge < -0.3 is 4.90 Å². The van der Waals surface area contributed by atoms with Crippen molar-refractivity contribution in [2.75, 3.05) is 4.90 Å². The number of benzene rings is 2. The number of nitrogens with zero attached hydrogens (tertiary/aromatic N) is 1. The number of rotatable bonds is 0. The molecule has 3 rings (SSSR count). The summed E-state index contributed by atoms with van der Waals surface area (Å²) >= 11 is 0. The predicted octanol–water partition coefficient (Wildman–Crippen LogP) is 4.98. The van der Waals surface area contributed by atoms with Crippen LogP contribution in [0.2, 0.25) is 0 Å². The van der Waals surface area contributed by atoms with Crippen LogP contribution < -0.4 is 4.90 Å². The minimum Gasteiger partial charge on any atom is -0.362 e. The molecule has 1 aliphatic rings. The summed E-state index contributed by atoms with van der Waals surface area (Å²) in [7, 11) is 0. The Labute approximate surface area is 121 Å². The highest BCUT2D eigenvalue weighted by Gasteiger charge is 2.24. The van der Waals surface area contributed by atoms with E-state index < -0.39 is 0 Å². The first-order valence-electron chi connectivity index (χ1n) is 7.18. The van der Waals surface area contributed by atoms with E-state index in [2.05, 4.69) is 86.4 Å². The molecule has 0 N–H and O–H groups in total. The fourth-order valence-corrected chi connectivity index (χ4v) is 2.75. The van der Waals surface area contributed by atoms with Crippen LogP contribution in [0.1, 0.15) is 37.5 Å². The van der Waals surface area contributed by atoms with E-state index in [1.165, 1.54) is 22.4 Å². The molecule has 1 heterocycles. The molecule has 1 aliphatic heterocycles. The topological polar surface area (TPSA) is 3.24 Å². The van der Waals surface area contributed by atoms with Crippen LogP contribution in [0.3, 0.4) is 0 Å². The summed E-state index contributed by atoms with van der Waals surface area (Å²) in [5, 5.41) is 0. The number of fused-ring (bicyclic) bond motifs is 2. The van der Waals surface area contributed by atoms with Crippen LogP contribution in [-0.4, -0.2) is 5.54 Å². The zero-order chi connectivity index (χ0) is 14.2. The van der Waals surface area contributed by atoms with Crippen LogP contribution >= 0.6 is 0 Å². The average Bonchev–Trinajstić information content (AvgIpc) is 2.40. The maximum absolute atomic E-state index is 2.49. The summed E-state index contributed by atoms with van der Waals surface area (Å²) < 4.78 is 0. The van der Waals surface area contributed by atoms with Gasteiger partial charge in [-0.15, -0.1) is 0 Å². The highest BCUT2D eigenvalue weighted by molar-refractivity contribution is 5.80. The van der Waals surface area contributed by atoms with Crippen molar-refractivity contribution < 1.29 is 0 Å². The lowest BCUT2D eigenvalue weighted by atomic mass is 9.96. The van der Waals surface area contributed by atoms with Crippen molar-refractivity contribution in [1.82, 2.24) is 0 Å². The summed E-state index contributed by atoms with van der Waals surface area (Å²) in [6.45, 7) is 7.77. The van der Waals surface area contributed by atoms with Gasteiger partial charge in [0.1, 0.15) is 0 Å². The van der Waals surface area contributed by atoms with Crippen molar-refractivity contribution in [3.63, 3.8) is 0 Å². The molecule has 1 heteroatoms. The average molecular weight is 263 g/mol. The Morgan fingerprint density at radius 1 is 0.800 bits per heavy atom. The maximum atomic E-state index is 2.49. The molecule has 0 amide bonds. The van der Waals surface area contributed by atoms with E-state index in [1.54, 1.807) is 0 Å². The summed E-state index contributed by atoms with van der Waals surface area (Å²) in [5.74, 6) is 0. The summed E-state index contributed by atoms with van der Waals surface area (Å²) in [6.07, 6.45) is 4.46. The predicted molar refractivity (Wildman–Crippen MR) is 87.7 cm³/mol. The van der Waals surface area contributed by atoms with Gasteiger partial charge in [0.15, 0.2) is 0 Å². The Kier molecular flexibility index (Phi) is 3.13. The van der Waals surface area contributed by atoms with Gasteiger partial charge in [-0.1, -0.05) is 54.6 Å². The van der Waals surface area contributed by atoms with Gasteiger partial charge >= 0.3 is 0 Å². The van der Waals surface area contributed by atoms with Gasteiger partial charge in [-0.2, -0.15) is 0 Å². The Bertz CT molecular complexity index is 647. The fraction of sp³-hybridized carbons (Fsp3) is 0.263. The molecule has 2 aromatic rings. The largest absolute Gasteiger partial charge is 0.362 e. The Morgan fingerprint density at radius 3 is 2.15 bits per heavy atom. The van der Waals surface area contributed by atoms with Crippen molar-refractivity contribution in [3.05, 3.63) is 65.2 Å². The van der Waals surface area contributed by atoms with E-state index in [1.807, 2.05) is 0 Å². The summed E-state index contributed by atoms with van der Waals surface area (Å²) in [4.78, 5) is 2.49. The zero-order valence-corrected chi connectivity index (χ0v) is 12.4. The van der Waals surface area contributed by atoms with Gasteiger partial charge in [-0.3, -0.25) is 0 Å². The Morgan fingerprint density at radius 2 is 1.40 bits per heavy atom. The molecular formula is C19H21N. The van der Waals surface area contributed by atoms with Gasteiger partial charge in [-0.05, 0) is 43.5 Å². The zero-order valence-electron chi connectivity index (χ0n) is 12.4. The number of anilines is 1. The first-order valence-corrected chi connectivity index (χ1v) is 7.18. The molecule has 20 heavy (non-hydrogen) atoms. The van der Waals surface area contributed by atoms with Crippen molar-refractivity contribution in [2.24, 2.45) is 0 Å². The molecule has 102 valence electrons. The third kappa shape index (κ3) is 2.36. The van der Waals surface area contributed by atoms with Gasteiger partial charge in [0.2, 0.25) is 0 Å². The highest BCUT2D eigenvalue weighted by atomic mass is 15.2. The molecule has 0 saturated carbocycles. The third-order valence-corrected chi connectivity index (χ3v) is 3.86. The highest BCUT2D eigenvalue weighted by Crippen LogP contribution is 2.33. The molecule has 0 bridgehead atoms. The molecule has 0 saturated heterocycles. The first-order chi connectivity index (χ1) is 9.55. The van der Waals surface area contributed by atoms with E-state index in [0.717, 1.165) is 6.54 Å². The third-order valence-electron chi connectivity index (χ3n) is 3.86. The van der Waals surface area contributed by atoms with Gasteiger partial charge in [-0.25, -0.2) is 0 Å². The van der Waals surface area contributed by atoms with Crippen LogP contribution in [0.25, 0.3) is 12.2 Å². The molecule has 0 aliphatic carbocycles. The Balaban J connectivity index is 2.20. The van der Waals surface area contributed by atoms with Crippen LogP contribution in [0.4, 0.5) is 5.69 Å². The molecule has 0 aromatic heterocycles. The van der Waals surface area contributed by atoms with Gasteiger partial charge in [0, 0.05) is 17.8 Å². The summed E-state index contributed by atoms with van der Waals surface area (Å²) in [5.41, 5.74) is 5.39. The van der Waals surface area contributed by atoms with E-state index >= 15 is 0 Å². The maximum Gasteiger partial charge on any atom is 0.0447 e. The lowest BCUT2D eigenvalue weighted by Gasteiger charge is -2.39. The molecule has 0 radical (unpaired) electrons. The van der Waals surface area contributed by atoms with E-state index in [0.29, 0.717) is 0 Å². The molecule has 1 nitrogen and oxygen atoms in total. The second-order valence-electron chi connectivity index (χ2n) is 6.35. The normalized spacial score (nSPS) is 15.8. The van der Waals surface area contributed by atoms with Crippen molar-refractivity contribution >= 4 is 17.8 Å². The van der Waals surface area contributed by atoms with Crippen molar-refractivity contribution in [1.29, 1.82) is 0 Å². The number of hydrogen-bond acceptors (Lipinski definition) is 1. The molecule has 2 aromatic carbocycles. The lowest BCUT2D eigenvalue weighted by Crippen LogP contribution is -2.41. The van der Waals surface area contributed by atoms with E-state index in [4.69, 9.17) is 0 Å². The van der Waals surface area contributed by atoms with Crippen molar-refractivity contribution in [2.45, 2.75) is 32.9 Å². The molecule has 0 atom stereocenters. The second kappa shape index (κ2) is 4.82. The molecule has 0 spiro atoms. The fourth-order valence-electron chi connectivity index (χ4n) is 2.75. The van der Waals surface area contributed by atoms with Crippen LogP contribution in [0.15, 0.2) is 48.5 Å². The SMILES string of the molecule is CC(C)(C)N1Cc2ccccc2/C=C\c2ccccc21. The van der Waals surface area contributed by atoms with Crippen LogP contribution in [0.5, 0.6) is 0 Å². The first kappa shape index (κ1) is 13.0. The van der Waals surface area contributed by atoms with Gasteiger partial charge in [0.25, 0.3) is 0 Å².